The molecule has 0 saturated heterocycles. The summed E-state index contributed by atoms with van der Waals surface area (Å²) < 4.78 is 11.7. The SMILES string of the molecule is CCCOC(C)(CCC)C(=O)Nc1cc(C)c(OC(C)C)c(C)c1. The molecule has 0 spiro atoms. The van der Waals surface area contributed by atoms with Crippen LogP contribution in [0.4, 0.5) is 5.69 Å². The third-order valence-corrected chi connectivity index (χ3v) is 3.90. The summed E-state index contributed by atoms with van der Waals surface area (Å²) in [5.41, 5.74) is 2.03. The van der Waals surface area contributed by atoms with Crippen molar-refractivity contribution in [3.05, 3.63) is 23.3 Å². The van der Waals surface area contributed by atoms with Gasteiger partial charge in [0.15, 0.2) is 0 Å². The van der Waals surface area contributed by atoms with Gasteiger partial charge in [0.05, 0.1) is 6.10 Å². The molecule has 1 amide bonds. The molecule has 0 aliphatic heterocycles. The van der Waals surface area contributed by atoms with Crippen LogP contribution in [0.15, 0.2) is 12.1 Å². The Kier molecular flexibility index (Phi) is 7.74. The molecule has 1 N–H and O–H groups in total. The average molecular weight is 335 g/mol. The number of benzene rings is 1. The first-order valence-corrected chi connectivity index (χ1v) is 8.96. The minimum atomic E-state index is -0.792. The molecule has 4 heteroatoms. The lowest BCUT2D eigenvalue weighted by Crippen LogP contribution is -2.43. The monoisotopic (exact) mass is 335 g/mol. The molecule has 4 nitrogen and oxygen atoms in total. The fourth-order valence-electron chi connectivity index (χ4n) is 2.76. The van der Waals surface area contributed by atoms with Crippen molar-refractivity contribution in [3.63, 3.8) is 0 Å². The predicted octanol–water partition coefficient (Wildman–Crippen LogP) is 5.01. The Bertz CT molecular complexity index is 531. The van der Waals surface area contributed by atoms with Gasteiger partial charge in [0.2, 0.25) is 0 Å². The van der Waals surface area contributed by atoms with Crippen molar-refractivity contribution < 1.29 is 14.3 Å². The van der Waals surface area contributed by atoms with Crippen molar-refractivity contribution in [1.29, 1.82) is 0 Å². The van der Waals surface area contributed by atoms with Crippen LogP contribution in [0, 0.1) is 13.8 Å². The maximum Gasteiger partial charge on any atom is 0.256 e. The average Bonchev–Trinajstić information content (AvgIpc) is 2.49. The van der Waals surface area contributed by atoms with Crippen LogP contribution in [0.5, 0.6) is 5.75 Å². The van der Waals surface area contributed by atoms with E-state index < -0.39 is 5.60 Å². The molecule has 1 unspecified atom stereocenters. The van der Waals surface area contributed by atoms with Crippen molar-refractivity contribution in [2.45, 2.75) is 79.4 Å². The summed E-state index contributed by atoms with van der Waals surface area (Å²) in [4.78, 5) is 12.7. The number of rotatable bonds is 9. The van der Waals surface area contributed by atoms with Crippen LogP contribution in [-0.4, -0.2) is 24.2 Å². The Balaban J connectivity index is 2.96. The standard InChI is InChI=1S/C20H33NO3/c1-8-10-20(7,23-11-9-2)19(22)21-17-12-15(5)18(16(6)13-17)24-14(3)4/h12-14H,8-11H2,1-7H3,(H,21,22). The number of carbonyl (C=O) groups excluding carboxylic acids is 1. The molecule has 1 aromatic carbocycles. The van der Waals surface area contributed by atoms with Crippen molar-refractivity contribution in [2.24, 2.45) is 0 Å². The highest BCUT2D eigenvalue weighted by molar-refractivity contribution is 5.97. The van der Waals surface area contributed by atoms with Gasteiger partial charge in [-0.15, -0.1) is 0 Å². The molecule has 1 rings (SSSR count). The first-order valence-electron chi connectivity index (χ1n) is 8.96. The van der Waals surface area contributed by atoms with E-state index in [-0.39, 0.29) is 12.0 Å². The van der Waals surface area contributed by atoms with E-state index in [0.29, 0.717) is 13.0 Å². The third kappa shape index (κ3) is 5.52. The maximum atomic E-state index is 12.7. The molecule has 0 fully saturated rings. The van der Waals surface area contributed by atoms with Crippen molar-refractivity contribution in [2.75, 3.05) is 11.9 Å². The molecule has 1 atom stereocenters. The summed E-state index contributed by atoms with van der Waals surface area (Å²) in [5.74, 6) is 0.802. The second-order valence-corrected chi connectivity index (χ2v) is 6.89. The number of amides is 1. The minimum absolute atomic E-state index is 0.0888. The van der Waals surface area contributed by atoms with Gasteiger partial charge in [-0.25, -0.2) is 0 Å². The van der Waals surface area contributed by atoms with Gasteiger partial charge in [-0.2, -0.15) is 0 Å². The molecular weight excluding hydrogens is 302 g/mol. The third-order valence-electron chi connectivity index (χ3n) is 3.90. The number of carbonyl (C=O) groups is 1. The Morgan fingerprint density at radius 3 is 2.21 bits per heavy atom. The fraction of sp³-hybridized carbons (Fsp3) is 0.650. The van der Waals surface area contributed by atoms with Gasteiger partial charge in [0.25, 0.3) is 5.91 Å². The lowest BCUT2D eigenvalue weighted by molar-refractivity contribution is -0.140. The van der Waals surface area contributed by atoms with Gasteiger partial charge >= 0.3 is 0 Å². The zero-order valence-electron chi connectivity index (χ0n) is 16.3. The highest BCUT2D eigenvalue weighted by Gasteiger charge is 2.33. The number of aryl methyl sites for hydroxylation is 2. The van der Waals surface area contributed by atoms with Crippen molar-refractivity contribution in [3.8, 4) is 5.75 Å². The van der Waals surface area contributed by atoms with Crippen LogP contribution in [0.25, 0.3) is 0 Å². The van der Waals surface area contributed by atoms with E-state index in [1.807, 2.05) is 53.7 Å². The van der Waals surface area contributed by atoms with Crippen LogP contribution in [0.2, 0.25) is 0 Å². The number of hydrogen-bond donors (Lipinski definition) is 1. The van der Waals surface area contributed by atoms with E-state index in [9.17, 15) is 4.79 Å². The van der Waals surface area contributed by atoms with E-state index >= 15 is 0 Å². The van der Waals surface area contributed by atoms with Gasteiger partial charge in [-0.3, -0.25) is 4.79 Å². The Labute approximate surface area is 146 Å². The van der Waals surface area contributed by atoms with Crippen LogP contribution >= 0.6 is 0 Å². The topological polar surface area (TPSA) is 47.6 Å². The van der Waals surface area contributed by atoms with E-state index in [1.165, 1.54) is 0 Å². The zero-order chi connectivity index (χ0) is 18.3. The molecule has 24 heavy (non-hydrogen) atoms. The first-order chi connectivity index (χ1) is 11.2. The Morgan fingerprint density at radius 2 is 1.75 bits per heavy atom. The second kappa shape index (κ2) is 9.07. The van der Waals surface area contributed by atoms with Crippen LogP contribution in [0.3, 0.4) is 0 Å². The van der Waals surface area contributed by atoms with Gasteiger partial charge in [-0.1, -0.05) is 20.3 Å². The lowest BCUT2D eigenvalue weighted by Gasteiger charge is -2.28. The summed E-state index contributed by atoms with van der Waals surface area (Å²) >= 11 is 0. The van der Waals surface area contributed by atoms with Crippen molar-refractivity contribution >= 4 is 11.6 Å². The molecule has 0 saturated carbocycles. The first kappa shape index (κ1) is 20.5. The number of nitrogens with one attached hydrogen (secondary N) is 1. The fourth-order valence-corrected chi connectivity index (χ4v) is 2.76. The highest BCUT2D eigenvalue weighted by atomic mass is 16.5. The lowest BCUT2D eigenvalue weighted by atomic mass is 9.98. The molecule has 1 aromatic rings. The molecule has 136 valence electrons. The highest BCUT2D eigenvalue weighted by Crippen LogP contribution is 2.29. The summed E-state index contributed by atoms with van der Waals surface area (Å²) in [6, 6.07) is 3.91. The minimum Gasteiger partial charge on any atom is -0.490 e. The van der Waals surface area contributed by atoms with Crippen LogP contribution < -0.4 is 10.1 Å². The quantitative estimate of drug-likeness (QED) is 0.689. The normalized spacial score (nSPS) is 13.7. The van der Waals surface area contributed by atoms with Crippen molar-refractivity contribution in [1.82, 2.24) is 0 Å². The molecular formula is C20H33NO3. The molecule has 0 heterocycles. The second-order valence-electron chi connectivity index (χ2n) is 6.89. The summed E-state index contributed by atoms with van der Waals surface area (Å²) in [7, 11) is 0. The smallest absolute Gasteiger partial charge is 0.256 e. The Morgan fingerprint density at radius 1 is 1.17 bits per heavy atom. The molecule has 0 radical (unpaired) electrons. The van der Waals surface area contributed by atoms with Gasteiger partial charge in [0.1, 0.15) is 11.4 Å². The van der Waals surface area contributed by atoms with E-state index in [1.54, 1.807) is 0 Å². The Hall–Kier alpha value is -1.55. The van der Waals surface area contributed by atoms with E-state index in [4.69, 9.17) is 9.47 Å². The van der Waals surface area contributed by atoms with Crippen LogP contribution in [-0.2, 0) is 9.53 Å². The van der Waals surface area contributed by atoms with E-state index in [2.05, 4.69) is 12.2 Å². The molecule has 0 aliphatic rings. The largest absolute Gasteiger partial charge is 0.490 e. The zero-order valence-corrected chi connectivity index (χ0v) is 16.3. The van der Waals surface area contributed by atoms with Gasteiger partial charge in [0, 0.05) is 12.3 Å². The van der Waals surface area contributed by atoms with Crippen LogP contribution in [0.1, 0.15) is 65.0 Å². The van der Waals surface area contributed by atoms with E-state index in [0.717, 1.165) is 35.4 Å². The van der Waals surface area contributed by atoms with Gasteiger partial charge in [-0.05, 0) is 70.7 Å². The maximum absolute atomic E-state index is 12.7. The van der Waals surface area contributed by atoms with Gasteiger partial charge < -0.3 is 14.8 Å². The number of anilines is 1. The predicted molar refractivity (Wildman–Crippen MR) is 99.9 cm³/mol. The molecule has 0 aromatic heterocycles. The number of ether oxygens (including phenoxy) is 2. The summed E-state index contributed by atoms with van der Waals surface area (Å²) in [6.45, 7) is 14.6. The summed E-state index contributed by atoms with van der Waals surface area (Å²) in [5, 5.41) is 3.02. The number of hydrogen-bond acceptors (Lipinski definition) is 3. The summed E-state index contributed by atoms with van der Waals surface area (Å²) in [6.07, 6.45) is 2.61. The molecule has 0 aliphatic carbocycles. The molecule has 0 bridgehead atoms.